The lowest BCUT2D eigenvalue weighted by molar-refractivity contribution is -0.131. The predicted molar refractivity (Wildman–Crippen MR) is 74.9 cm³/mol. The maximum atomic E-state index is 12.3. The minimum absolute atomic E-state index is 0.104. The van der Waals surface area contributed by atoms with Gasteiger partial charge in [-0.15, -0.1) is 0 Å². The molecule has 0 saturated heterocycles. The molecule has 5 nitrogen and oxygen atoms in total. The SMILES string of the molecule is COCCOCCNC(=O)C1(CN)CCCCCC1. The Balaban J connectivity index is 2.28. The van der Waals surface area contributed by atoms with Crippen molar-refractivity contribution in [3.8, 4) is 0 Å². The molecule has 1 rings (SSSR count). The number of methoxy groups -OCH3 is 1. The first-order valence-electron chi connectivity index (χ1n) is 7.30. The van der Waals surface area contributed by atoms with Crippen LogP contribution >= 0.6 is 0 Å². The first-order chi connectivity index (χ1) is 9.25. The van der Waals surface area contributed by atoms with Gasteiger partial charge in [0.2, 0.25) is 5.91 Å². The fraction of sp³-hybridized carbons (Fsp3) is 0.929. The number of nitrogens with one attached hydrogen (secondary N) is 1. The van der Waals surface area contributed by atoms with E-state index in [1.165, 1.54) is 12.8 Å². The summed E-state index contributed by atoms with van der Waals surface area (Å²) in [5, 5.41) is 2.96. The highest BCUT2D eigenvalue weighted by Gasteiger charge is 2.36. The van der Waals surface area contributed by atoms with Crippen molar-refractivity contribution in [1.82, 2.24) is 5.32 Å². The second-order valence-corrected chi connectivity index (χ2v) is 5.26. The highest BCUT2D eigenvalue weighted by Crippen LogP contribution is 2.34. The Morgan fingerprint density at radius 2 is 1.84 bits per heavy atom. The van der Waals surface area contributed by atoms with Gasteiger partial charge in [0.05, 0.1) is 25.2 Å². The quantitative estimate of drug-likeness (QED) is 0.512. The molecule has 1 saturated carbocycles. The zero-order chi connectivity index (χ0) is 14.0. The molecule has 0 heterocycles. The fourth-order valence-corrected chi connectivity index (χ4v) is 2.60. The van der Waals surface area contributed by atoms with Gasteiger partial charge in [0.25, 0.3) is 0 Å². The molecular weight excluding hydrogens is 244 g/mol. The molecule has 1 aliphatic rings. The molecule has 0 atom stereocenters. The van der Waals surface area contributed by atoms with Gasteiger partial charge < -0.3 is 20.5 Å². The summed E-state index contributed by atoms with van der Waals surface area (Å²) in [6, 6.07) is 0. The molecule has 0 aromatic heterocycles. The zero-order valence-corrected chi connectivity index (χ0v) is 12.1. The van der Waals surface area contributed by atoms with Gasteiger partial charge in [-0.2, -0.15) is 0 Å². The van der Waals surface area contributed by atoms with E-state index >= 15 is 0 Å². The number of nitrogens with two attached hydrogens (primary N) is 1. The van der Waals surface area contributed by atoms with Crippen LogP contribution in [0, 0.1) is 5.41 Å². The van der Waals surface area contributed by atoms with E-state index in [9.17, 15) is 4.79 Å². The minimum Gasteiger partial charge on any atom is -0.382 e. The van der Waals surface area contributed by atoms with E-state index in [-0.39, 0.29) is 11.3 Å². The van der Waals surface area contributed by atoms with Gasteiger partial charge in [-0.3, -0.25) is 4.79 Å². The van der Waals surface area contributed by atoms with Crippen LogP contribution in [0.2, 0.25) is 0 Å². The first kappa shape index (κ1) is 16.4. The number of amides is 1. The van der Waals surface area contributed by atoms with Crippen LogP contribution in [0.4, 0.5) is 0 Å². The Morgan fingerprint density at radius 3 is 2.42 bits per heavy atom. The molecule has 112 valence electrons. The van der Waals surface area contributed by atoms with Gasteiger partial charge >= 0.3 is 0 Å². The molecule has 1 fully saturated rings. The van der Waals surface area contributed by atoms with Crippen molar-refractivity contribution >= 4 is 5.91 Å². The molecule has 19 heavy (non-hydrogen) atoms. The van der Waals surface area contributed by atoms with Crippen molar-refractivity contribution in [2.45, 2.75) is 38.5 Å². The van der Waals surface area contributed by atoms with Crippen LogP contribution in [-0.2, 0) is 14.3 Å². The minimum atomic E-state index is -0.344. The van der Waals surface area contributed by atoms with Gasteiger partial charge in [-0.05, 0) is 12.8 Å². The van der Waals surface area contributed by atoms with Gasteiger partial charge in [0.1, 0.15) is 0 Å². The van der Waals surface area contributed by atoms with E-state index in [0.29, 0.717) is 32.9 Å². The average Bonchev–Trinajstić information content (AvgIpc) is 2.68. The third-order valence-corrected chi connectivity index (χ3v) is 3.90. The van der Waals surface area contributed by atoms with Crippen LogP contribution in [0.15, 0.2) is 0 Å². The Morgan fingerprint density at radius 1 is 1.16 bits per heavy atom. The number of ether oxygens (including phenoxy) is 2. The summed E-state index contributed by atoms with van der Waals surface area (Å²) in [7, 11) is 1.64. The topological polar surface area (TPSA) is 73.6 Å². The maximum Gasteiger partial charge on any atom is 0.227 e. The number of hydrogen-bond donors (Lipinski definition) is 2. The predicted octanol–water partition coefficient (Wildman–Crippen LogP) is 1.06. The van der Waals surface area contributed by atoms with Gasteiger partial charge in [-0.1, -0.05) is 25.7 Å². The van der Waals surface area contributed by atoms with Crippen molar-refractivity contribution in [3.05, 3.63) is 0 Å². The van der Waals surface area contributed by atoms with Gasteiger partial charge in [-0.25, -0.2) is 0 Å². The number of hydrogen-bond acceptors (Lipinski definition) is 4. The fourth-order valence-electron chi connectivity index (χ4n) is 2.60. The van der Waals surface area contributed by atoms with Crippen molar-refractivity contribution in [3.63, 3.8) is 0 Å². The molecule has 3 N–H and O–H groups in total. The van der Waals surface area contributed by atoms with Crippen LogP contribution in [-0.4, -0.2) is 45.9 Å². The third kappa shape index (κ3) is 5.47. The number of carbonyl (C=O) groups is 1. The normalized spacial score (nSPS) is 18.8. The molecular formula is C14H28N2O3. The lowest BCUT2D eigenvalue weighted by Gasteiger charge is -2.29. The standard InChI is InChI=1S/C14H28N2O3/c1-18-10-11-19-9-8-16-13(17)14(12-15)6-4-2-3-5-7-14/h2-12,15H2,1H3,(H,16,17). The lowest BCUT2D eigenvalue weighted by Crippen LogP contribution is -2.46. The second kappa shape index (κ2) is 9.28. The van der Waals surface area contributed by atoms with E-state index in [0.717, 1.165) is 25.7 Å². The van der Waals surface area contributed by atoms with Crippen molar-refractivity contribution in [1.29, 1.82) is 0 Å². The zero-order valence-electron chi connectivity index (χ0n) is 12.1. The Kier molecular flexibility index (Phi) is 8.02. The van der Waals surface area contributed by atoms with Crippen LogP contribution in [0.25, 0.3) is 0 Å². The summed E-state index contributed by atoms with van der Waals surface area (Å²) in [6.45, 7) is 2.67. The maximum absolute atomic E-state index is 12.3. The Bertz CT molecular complexity index is 251. The molecule has 0 unspecified atom stereocenters. The van der Waals surface area contributed by atoms with E-state index in [4.69, 9.17) is 15.2 Å². The van der Waals surface area contributed by atoms with Crippen molar-refractivity contribution in [2.24, 2.45) is 11.1 Å². The monoisotopic (exact) mass is 272 g/mol. The number of rotatable bonds is 8. The van der Waals surface area contributed by atoms with E-state index < -0.39 is 0 Å². The third-order valence-electron chi connectivity index (χ3n) is 3.90. The first-order valence-corrected chi connectivity index (χ1v) is 7.30. The highest BCUT2D eigenvalue weighted by molar-refractivity contribution is 5.82. The summed E-state index contributed by atoms with van der Waals surface area (Å²) in [5.41, 5.74) is 5.53. The smallest absolute Gasteiger partial charge is 0.227 e. The molecule has 0 aromatic rings. The van der Waals surface area contributed by atoms with Crippen LogP contribution in [0.3, 0.4) is 0 Å². The largest absolute Gasteiger partial charge is 0.382 e. The Hall–Kier alpha value is -0.650. The summed E-state index contributed by atoms with van der Waals surface area (Å²) >= 11 is 0. The van der Waals surface area contributed by atoms with Crippen molar-refractivity contribution in [2.75, 3.05) is 40.0 Å². The summed E-state index contributed by atoms with van der Waals surface area (Å²) in [6.07, 6.45) is 6.48. The van der Waals surface area contributed by atoms with Crippen molar-refractivity contribution < 1.29 is 14.3 Å². The van der Waals surface area contributed by atoms with Gasteiger partial charge in [0.15, 0.2) is 0 Å². The summed E-state index contributed by atoms with van der Waals surface area (Å²) in [4.78, 5) is 12.3. The molecule has 0 aromatic carbocycles. The summed E-state index contributed by atoms with van der Waals surface area (Å²) < 4.78 is 10.2. The molecule has 1 aliphatic carbocycles. The number of carbonyl (C=O) groups excluding carboxylic acids is 1. The molecule has 0 spiro atoms. The van der Waals surface area contributed by atoms with Crippen LogP contribution < -0.4 is 11.1 Å². The molecule has 0 bridgehead atoms. The Labute approximate surface area is 116 Å². The molecule has 0 radical (unpaired) electrons. The van der Waals surface area contributed by atoms with E-state index in [1.807, 2.05) is 0 Å². The summed E-state index contributed by atoms with van der Waals surface area (Å²) in [5.74, 6) is 0.104. The lowest BCUT2D eigenvalue weighted by atomic mass is 9.79. The van der Waals surface area contributed by atoms with Crippen LogP contribution in [0.5, 0.6) is 0 Å². The molecule has 5 heteroatoms. The molecule has 0 aliphatic heterocycles. The average molecular weight is 272 g/mol. The van der Waals surface area contributed by atoms with E-state index in [2.05, 4.69) is 5.32 Å². The molecule has 1 amide bonds. The van der Waals surface area contributed by atoms with Crippen LogP contribution in [0.1, 0.15) is 38.5 Å². The van der Waals surface area contributed by atoms with E-state index in [1.54, 1.807) is 7.11 Å². The second-order valence-electron chi connectivity index (χ2n) is 5.26. The van der Waals surface area contributed by atoms with Gasteiger partial charge in [0, 0.05) is 20.2 Å². The highest BCUT2D eigenvalue weighted by atomic mass is 16.5.